The average Bonchev–Trinajstić information content (AvgIpc) is 2.21. The van der Waals surface area contributed by atoms with Gasteiger partial charge in [-0.15, -0.1) is 0 Å². The predicted octanol–water partition coefficient (Wildman–Crippen LogP) is 1.44. The van der Waals surface area contributed by atoms with Crippen LogP contribution in [-0.4, -0.2) is 27.4 Å². The molecule has 17 heavy (non-hydrogen) atoms. The van der Waals surface area contributed by atoms with Crippen LogP contribution in [-0.2, 0) is 4.79 Å². The Labute approximate surface area is 107 Å². The molecule has 0 radical (unpaired) electrons. The van der Waals surface area contributed by atoms with Crippen molar-refractivity contribution < 1.29 is 20.1 Å². The zero-order chi connectivity index (χ0) is 13.2. The minimum absolute atomic E-state index is 0.115. The number of aliphatic hydroxyl groups is 2. The molecule has 0 spiro atoms. The normalized spacial score (nSPS) is 14.4. The second-order valence-electron chi connectivity index (χ2n) is 3.51. The third-order valence-corrected chi connectivity index (χ3v) is 2.84. The summed E-state index contributed by atoms with van der Waals surface area (Å²) in [6.45, 7) is 0. The van der Waals surface area contributed by atoms with E-state index in [9.17, 15) is 15.0 Å². The molecule has 0 aliphatic carbocycles. The first-order valence-corrected chi connectivity index (χ1v) is 5.41. The lowest BCUT2D eigenvalue weighted by Crippen LogP contribution is -2.22. The number of rotatable bonds is 4. The highest BCUT2D eigenvalue weighted by atomic mass is 35.5. The number of carboxylic acid groups (broad SMARTS) is 1. The summed E-state index contributed by atoms with van der Waals surface area (Å²) in [7, 11) is 0. The highest BCUT2D eigenvalue weighted by Crippen LogP contribution is 2.32. The number of hydrogen-bond acceptors (Lipinski definition) is 4. The Balaban J connectivity index is 2.99. The molecule has 0 heterocycles. The van der Waals surface area contributed by atoms with Crippen LogP contribution in [0.25, 0.3) is 0 Å². The van der Waals surface area contributed by atoms with E-state index in [1.807, 2.05) is 0 Å². The van der Waals surface area contributed by atoms with E-state index in [0.717, 1.165) is 0 Å². The molecule has 0 aliphatic heterocycles. The summed E-state index contributed by atoms with van der Waals surface area (Å²) in [5.74, 6) is -1.23. The van der Waals surface area contributed by atoms with Gasteiger partial charge in [-0.25, -0.2) is 0 Å². The first kappa shape index (κ1) is 14.1. The number of nitrogen functional groups attached to an aromatic ring is 1. The van der Waals surface area contributed by atoms with Gasteiger partial charge in [0.2, 0.25) is 0 Å². The number of carboxylic acids is 1. The molecular formula is C10H11Cl2NO4. The van der Waals surface area contributed by atoms with Gasteiger partial charge in [0, 0.05) is 10.6 Å². The lowest BCUT2D eigenvalue weighted by molar-refractivity contribution is -0.141. The standard InChI is InChI=1S/C10H11Cl2NO4/c11-5-2-7(13)6(12)1-4(5)10(17)8(14)3-9(15)16/h1-2,8,10,14,17H,3,13H2,(H,15,16). The molecule has 1 rings (SSSR count). The van der Waals surface area contributed by atoms with E-state index in [1.54, 1.807) is 0 Å². The van der Waals surface area contributed by atoms with Crippen LogP contribution in [0.5, 0.6) is 0 Å². The van der Waals surface area contributed by atoms with Crippen LogP contribution in [0.2, 0.25) is 10.0 Å². The van der Waals surface area contributed by atoms with Gasteiger partial charge in [-0.05, 0) is 12.1 Å². The minimum Gasteiger partial charge on any atom is -0.481 e. The van der Waals surface area contributed by atoms with Gasteiger partial charge >= 0.3 is 5.97 Å². The number of aliphatic carboxylic acids is 1. The van der Waals surface area contributed by atoms with Gasteiger partial charge < -0.3 is 21.1 Å². The second kappa shape index (κ2) is 5.55. The zero-order valence-electron chi connectivity index (χ0n) is 8.60. The van der Waals surface area contributed by atoms with E-state index in [2.05, 4.69) is 0 Å². The van der Waals surface area contributed by atoms with Crippen molar-refractivity contribution in [3.63, 3.8) is 0 Å². The maximum atomic E-state index is 10.4. The SMILES string of the molecule is Nc1cc(Cl)c(C(O)C(O)CC(=O)O)cc1Cl. The molecular weight excluding hydrogens is 269 g/mol. The van der Waals surface area contributed by atoms with Crippen molar-refractivity contribution in [2.24, 2.45) is 0 Å². The molecule has 0 amide bonds. The highest BCUT2D eigenvalue weighted by Gasteiger charge is 2.23. The molecule has 0 aromatic heterocycles. The topological polar surface area (TPSA) is 104 Å². The summed E-state index contributed by atoms with van der Waals surface area (Å²) in [5.41, 5.74) is 5.87. The van der Waals surface area contributed by atoms with E-state index >= 15 is 0 Å². The molecule has 1 aromatic rings. The quantitative estimate of drug-likeness (QED) is 0.625. The predicted molar refractivity (Wildman–Crippen MR) is 64.1 cm³/mol. The molecule has 2 unspecified atom stereocenters. The Morgan fingerprint density at radius 2 is 1.88 bits per heavy atom. The molecule has 0 saturated carbocycles. The Kier molecular flexibility index (Phi) is 4.59. The van der Waals surface area contributed by atoms with Gasteiger partial charge in [0.05, 0.1) is 23.2 Å². The average molecular weight is 280 g/mol. The van der Waals surface area contributed by atoms with Crippen LogP contribution in [0, 0.1) is 0 Å². The van der Waals surface area contributed by atoms with Crippen LogP contribution in [0.1, 0.15) is 18.1 Å². The van der Waals surface area contributed by atoms with E-state index in [0.29, 0.717) is 0 Å². The third kappa shape index (κ3) is 3.47. The van der Waals surface area contributed by atoms with Crippen LogP contribution in [0.3, 0.4) is 0 Å². The maximum absolute atomic E-state index is 10.4. The highest BCUT2D eigenvalue weighted by molar-refractivity contribution is 6.35. The van der Waals surface area contributed by atoms with Crippen LogP contribution in [0.4, 0.5) is 5.69 Å². The fourth-order valence-electron chi connectivity index (χ4n) is 1.30. The monoisotopic (exact) mass is 279 g/mol. The van der Waals surface area contributed by atoms with Crippen molar-refractivity contribution in [2.45, 2.75) is 18.6 Å². The number of carbonyl (C=O) groups is 1. The number of benzene rings is 1. The van der Waals surface area contributed by atoms with E-state index in [1.165, 1.54) is 12.1 Å². The molecule has 0 aliphatic rings. The molecule has 1 aromatic carbocycles. The summed E-state index contributed by atoms with van der Waals surface area (Å²) >= 11 is 11.6. The Morgan fingerprint density at radius 1 is 1.29 bits per heavy atom. The molecule has 94 valence electrons. The Bertz CT molecular complexity index is 439. The molecule has 0 fully saturated rings. The number of anilines is 1. The van der Waals surface area contributed by atoms with Crippen LogP contribution in [0.15, 0.2) is 12.1 Å². The minimum atomic E-state index is -1.47. The lowest BCUT2D eigenvalue weighted by Gasteiger charge is -2.18. The fraction of sp³-hybridized carbons (Fsp3) is 0.300. The van der Waals surface area contributed by atoms with E-state index in [4.69, 9.17) is 34.0 Å². The van der Waals surface area contributed by atoms with Crippen molar-refractivity contribution in [2.75, 3.05) is 5.73 Å². The van der Waals surface area contributed by atoms with Crippen molar-refractivity contribution in [1.29, 1.82) is 0 Å². The third-order valence-electron chi connectivity index (χ3n) is 2.18. The van der Waals surface area contributed by atoms with Crippen LogP contribution >= 0.6 is 23.2 Å². The van der Waals surface area contributed by atoms with Gasteiger partial charge in [0.1, 0.15) is 6.10 Å². The molecule has 2 atom stereocenters. The largest absolute Gasteiger partial charge is 0.481 e. The first-order valence-electron chi connectivity index (χ1n) is 4.65. The van der Waals surface area contributed by atoms with Gasteiger partial charge in [0.15, 0.2) is 0 Å². The van der Waals surface area contributed by atoms with Gasteiger partial charge in [-0.1, -0.05) is 23.2 Å². The van der Waals surface area contributed by atoms with Gasteiger partial charge in [-0.2, -0.15) is 0 Å². The van der Waals surface area contributed by atoms with Crippen molar-refractivity contribution in [3.8, 4) is 0 Å². The summed E-state index contributed by atoms with van der Waals surface area (Å²) in [4.78, 5) is 10.4. The maximum Gasteiger partial charge on any atom is 0.306 e. The molecule has 5 nitrogen and oxygen atoms in total. The molecule has 7 heteroatoms. The van der Waals surface area contributed by atoms with Crippen molar-refractivity contribution in [3.05, 3.63) is 27.7 Å². The zero-order valence-corrected chi connectivity index (χ0v) is 10.1. The number of aliphatic hydroxyl groups excluding tert-OH is 2. The summed E-state index contributed by atoms with van der Waals surface area (Å²) in [6.07, 6.45) is -3.50. The van der Waals surface area contributed by atoms with Crippen LogP contribution < -0.4 is 5.73 Å². The number of nitrogens with two attached hydrogens (primary N) is 1. The Hall–Kier alpha value is -1.01. The van der Waals surface area contributed by atoms with Crippen molar-refractivity contribution in [1.82, 2.24) is 0 Å². The molecule has 5 N–H and O–H groups in total. The second-order valence-corrected chi connectivity index (χ2v) is 4.32. The van der Waals surface area contributed by atoms with E-state index in [-0.39, 0.29) is 21.3 Å². The van der Waals surface area contributed by atoms with E-state index < -0.39 is 24.6 Å². The number of halogens is 2. The smallest absolute Gasteiger partial charge is 0.306 e. The summed E-state index contributed by atoms with van der Waals surface area (Å²) in [6, 6.07) is 2.63. The Morgan fingerprint density at radius 3 is 2.41 bits per heavy atom. The molecule has 0 bridgehead atoms. The number of hydrogen-bond donors (Lipinski definition) is 4. The first-order chi connectivity index (χ1) is 7.82. The van der Waals surface area contributed by atoms with Crippen molar-refractivity contribution >= 4 is 34.9 Å². The molecule has 0 saturated heterocycles. The summed E-state index contributed by atoms with van der Waals surface area (Å²) in [5, 5.41) is 28.0. The summed E-state index contributed by atoms with van der Waals surface area (Å²) < 4.78 is 0. The van der Waals surface area contributed by atoms with Gasteiger partial charge in [0.25, 0.3) is 0 Å². The van der Waals surface area contributed by atoms with Gasteiger partial charge in [-0.3, -0.25) is 4.79 Å². The lowest BCUT2D eigenvalue weighted by atomic mass is 10.0. The fourth-order valence-corrected chi connectivity index (χ4v) is 1.76.